The number of nitrogens with two attached hydrogens (primary N) is 1. The molecule has 0 fully saturated rings. The highest BCUT2D eigenvalue weighted by Gasteiger charge is 2.13. The molecular weight excluding hydrogens is 264 g/mol. The van der Waals surface area contributed by atoms with Crippen molar-refractivity contribution in [1.82, 2.24) is 9.29 Å². The van der Waals surface area contributed by atoms with Gasteiger partial charge in [0, 0.05) is 26.8 Å². The first-order valence-corrected chi connectivity index (χ1v) is 6.87. The third kappa shape index (κ3) is 4.03. The normalized spacial score (nSPS) is 11.8. The molecule has 1 heterocycles. The summed E-state index contributed by atoms with van der Waals surface area (Å²) in [5.74, 6) is 0.410. The highest BCUT2D eigenvalue weighted by Crippen LogP contribution is 2.18. The summed E-state index contributed by atoms with van der Waals surface area (Å²) in [6.45, 7) is 0.235. The molecule has 0 aromatic carbocycles. The number of nitrogen functional groups attached to an aromatic ring is 1. The molecule has 0 atom stereocenters. The molecule has 0 aliphatic rings. The molecule has 8 heteroatoms. The molecule has 0 unspecified atom stereocenters. The van der Waals surface area contributed by atoms with Crippen LogP contribution in [0.15, 0.2) is 12.3 Å². The Morgan fingerprint density at radius 3 is 2.71 bits per heavy atom. The van der Waals surface area contributed by atoms with Gasteiger partial charge in [-0.3, -0.25) is 0 Å². The third-order valence-electron chi connectivity index (χ3n) is 2.09. The number of hydrogen-bond acceptors (Lipinski definition) is 5. The second-order valence-corrected chi connectivity index (χ2v) is 6.36. The molecule has 0 aliphatic heterocycles. The Morgan fingerprint density at radius 2 is 2.18 bits per heavy atom. The van der Waals surface area contributed by atoms with Crippen molar-refractivity contribution in [3.8, 4) is 0 Å². The average molecular weight is 279 g/mol. The predicted molar refractivity (Wildman–Crippen MR) is 69.6 cm³/mol. The quantitative estimate of drug-likeness (QED) is 0.824. The van der Waals surface area contributed by atoms with Crippen LogP contribution in [0.2, 0.25) is 5.02 Å². The number of hydrogen-bond donors (Lipinski definition) is 2. The molecule has 0 saturated heterocycles. The monoisotopic (exact) mass is 278 g/mol. The van der Waals surface area contributed by atoms with Crippen molar-refractivity contribution >= 4 is 33.1 Å². The Morgan fingerprint density at radius 1 is 1.53 bits per heavy atom. The summed E-state index contributed by atoms with van der Waals surface area (Å²) in [5.41, 5.74) is 6.05. The van der Waals surface area contributed by atoms with Gasteiger partial charge in [0.25, 0.3) is 0 Å². The first-order chi connectivity index (χ1) is 7.83. The lowest BCUT2D eigenvalue weighted by atomic mass is 10.4. The zero-order valence-electron chi connectivity index (χ0n) is 9.64. The molecule has 6 nitrogen and oxygen atoms in total. The Kier molecular flexibility index (Phi) is 4.55. The van der Waals surface area contributed by atoms with Gasteiger partial charge >= 0.3 is 0 Å². The second kappa shape index (κ2) is 5.52. The van der Waals surface area contributed by atoms with E-state index < -0.39 is 10.0 Å². The Balaban J connectivity index is 2.58. The summed E-state index contributed by atoms with van der Waals surface area (Å²) < 4.78 is 24.1. The van der Waals surface area contributed by atoms with Crippen LogP contribution >= 0.6 is 11.6 Å². The highest BCUT2D eigenvalue weighted by atomic mass is 35.5. The maximum atomic E-state index is 11.5. The number of sulfonamides is 1. The lowest BCUT2D eigenvalue weighted by Crippen LogP contribution is -2.28. The van der Waals surface area contributed by atoms with Crippen LogP contribution in [0.4, 0.5) is 11.5 Å². The van der Waals surface area contributed by atoms with Gasteiger partial charge in [0.1, 0.15) is 5.82 Å². The molecule has 1 aromatic rings. The lowest BCUT2D eigenvalue weighted by molar-refractivity contribution is 0.521. The fourth-order valence-electron chi connectivity index (χ4n) is 1.08. The molecule has 17 heavy (non-hydrogen) atoms. The summed E-state index contributed by atoms with van der Waals surface area (Å²) in [6.07, 6.45) is 1.45. The van der Waals surface area contributed by atoms with E-state index in [9.17, 15) is 8.42 Å². The van der Waals surface area contributed by atoms with Crippen LogP contribution in [0.25, 0.3) is 0 Å². The minimum Gasteiger partial charge on any atom is -0.396 e. The molecule has 96 valence electrons. The molecule has 0 saturated carbocycles. The highest BCUT2D eigenvalue weighted by molar-refractivity contribution is 7.89. The summed E-state index contributed by atoms with van der Waals surface area (Å²) in [5, 5.41) is 3.29. The summed E-state index contributed by atoms with van der Waals surface area (Å²) >= 11 is 5.69. The smallest absolute Gasteiger partial charge is 0.215 e. The molecular formula is C9H15ClN4O2S. The van der Waals surface area contributed by atoms with E-state index in [1.807, 2.05) is 0 Å². The van der Waals surface area contributed by atoms with E-state index in [0.29, 0.717) is 16.5 Å². The van der Waals surface area contributed by atoms with Gasteiger partial charge in [-0.1, -0.05) is 11.6 Å². The van der Waals surface area contributed by atoms with E-state index in [1.54, 1.807) is 6.07 Å². The second-order valence-electron chi connectivity index (χ2n) is 3.62. The topological polar surface area (TPSA) is 88.3 Å². The molecule has 0 spiro atoms. The molecule has 1 rings (SSSR count). The Hall–Kier alpha value is -1.05. The van der Waals surface area contributed by atoms with Crippen molar-refractivity contribution in [1.29, 1.82) is 0 Å². The van der Waals surface area contributed by atoms with E-state index in [-0.39, 0.29) is 12.3 Å². The zero-order valence-corrected chi connectivity index (χ0v) is 11.2. The summed E-state index contributed by atoms with van der Waals surface area (Å²) in [4.78, 5) is 3.97. The van der Waals surface area contributed by atoms with E-state index in [4.69, 9.17) is 17.3 Å². The fourth-order valence-corrected chi connectivity index (χ4v) is 1.98. The summed E-state index contributed by atoms with van der Waals surface area (Å²) in [6, 6.07) is 1.55. The van der Waals surface area contributed by atoms with Crippen molar-refractivity contribution < 1.29 is 8.42 Å². The van der Waals surface area contributed by atoms with Crippen LogP contribution < -0.4 is 11.1 Å². The number of anilines is 2. The van der Waals surface area contributed by atoms with Crippen LogP contribution in [0.5, 0.6) is 0 Å². The van der Waals surface area contributed by atoms with Crippen molar-refractivity contribution in [2.75, 3.05) is 37.4 Å². The first-order valence-electron chi connectivity index (χ1n) is 4.88. The minimum absolute atomic E-state index is 0.0241. The summed E-state index contributed by atoms with van der Waals surface area (Å²) in [7, 11) is -0.233. The lowest BCUT2D eigenvalue weighted by Gasteiger charge is -2.12. The van der Waals surface area contributed by atoms with Gasteiger partial charge in [-0.2, -0.15) is 0 Å². The van der Waals surface area contributed by atoms with Gasteiger partial charge in [0.15, 0.2) is 0 Å². The maximum absolute atomic E-state index is 11.5. The number of pyridine rings is 1. The number of nitrogens with zero attached hydrogens (tertiary/aromatic N) is 2. The van der Waals surface area contributed by atoms with Crippen molar-refractivity contribution in [2.45, 2.75) is 0 Å². The van der Waals surface area contributed by atoms with Gasteiger partial charge in [0.05, 0.1) is 16.5 Å². The third-order valence-corrected chi connectivity index (χ3v) is 4.13. The standard InChI is InChI=1S/C9H15ClN4O2S/c1-14(2)17(15,16)4-3-12-9-8(11)5-7(10)6-13-9/h5-6H,3-4,11H2,1-2H3,(H,12,13). The number of rotatable bonds is 5. The van der Waals surface area contributed by atoms with E-state index >= 15 is 0 Å². The van der Waals surface area contributed by atoms with Gasteiger partial charge in [-0.05, 0) is 6.07 Å². The van der Waals surface area contributed by atoms with Crippen molar-refractivity contribution in [2.24, 2.45) is 0 Å². The predicted octanol–water partition coefficient (Wildman–Crippen LogP) is 0.621. The maximum Gasteiger partial charge on any atom is 0.215 e. The van der Waals surface area contributed by atoms with Crippen LogP contribution in [-0.2, 0) is 10.0 Å². The van der Waals surface area contributed by atoms with Gasteiger partial charge < -0.3 is 11.1 Å². The molecule has 3 N–H and O–H groups in total. The Labute approximate surface area is 106 Å². The van der Waals surface area contributed by atoms with E-state index in [0.717, 1.165) is 0 Å². The van der Waals surface area contributed by atoms with E-state index in [1.165, 1.54) is 24.6 Å². The number of halogens is 1. The van der Waals surface area contributed by atoms with Crippen LogP contribution in [0.3, 0.4) is 0 Å². The van der Waals surface area contributed by atoms with Gasteiger partial charge in [-0.25, -0.2) is 17.7 Å². The number of aromatic nitrogens is 1. The molecule has 0 radical (unpaired) electrons. The van der Waals surface area contributed by atoms with Gasteiger partial charge in [0.2, 0.25) is 10.0 Å². The van der Waals surface area contributed by atoms with Gasteiger partial charge in [-0.15, -0.1) is 0 Å². The van der Waals surface area contributed by atoms with Crippen LogP contribution in [0, 0.1) is 0 Å². The SMILES string of the molecule is CN(C)S(=O)(=O)CCNc1ncc(Cl)cc1N. The Bertz CT molecular complexity index is 490. The fraction of sp³-hybridized carbons (Fsp3) is 0.444. The molecule has 0 aliphatic carbocycles. The molecule has 1 aromatic heterocycles. The van der Waals surface area contributed by atoms with Crippen molar-refractivity contribution in [3.63, 3.8) is 0 Å². The van der Waals surface area contributed by atoms with Crippen molar-refractivity contribution in [3.05, 3.63) is 17.3 Å². The first kappa shape index (κ1) is 14.0. The number of nitrogens with one attached hydrogen (secondary N) is 1. The van der Waals surface area contributed by atoms with Crippen LogP contribution in [-0.4, -0.2) is 44.1 Å². The average Bonchev–Trinajstić information content (AvgIpc) is 2.21. The molecule has 0 bridgehead atoms. The zero-order chi connectivity index (χ0) is 13.1. The molecule has 0 amide bonds. The van der Waals surface area contributed by atoms with E-state index in [2.05, 4.69) is 10.3 Å². The minimum atomic E-state index is -3.21. The van der Waals surface area contributed by atoms with Crippen LogP contribution in [0.1, 0.15) is 0 Å². The largest absolute Gasteiger partial charge is 0.396 e.